The standard InChI is InChI=1S/C14H22NO2P/c1-15-8-7-14(18)11(9-15)10-17-13-5-3-12(16-2)4-6-13/h3-6,11,14H,7-10,18H2,1-2H3/t11-,14+/m1/s1. The fraction of sp³-hybridized carbons (Fsp3) is 0.571. The van der Waals surface area contributed by atoms with Gasteiger partial charge >= 0.3 is 0 Å². The molecule has 0 aromatic heterocycles. The van der Waals surface area contributed by atoms with E-state index in [0.717, 1.165) is 24.7 Å². The third kappa shape index (κ3) is 3.60. The van der Waals surface area contributed by atoms with E-state index >= 15 is 0 Å². The molecule has 1 saturated heterocycles. The highest BCUT2D eigenvalue weighted by molar-refractivity contribution is 7.17. The summed E-state index contributed by atoms with van der Waals surface area (Å²) in [6.07, 6.45) is 1.23. The molecule has 1 heterocycles. The van der Waals surface area contributed by atoms with Gasteiger partial charge in [0.15, 0.2) is 0 Å². The highest BCUT2D eigenvalue weighted by Crippen LogP contribution is 2.25. The second-order valence-corrected chi connectivity index (χ2v) is 5.82. The molecule has 1 fully saturated rings. The first-order valence-electron chi connectivity index (χ1n) is 6.40. The van der Waals surface area contributed by atoms with Crippen LogP contribution < -0.4 is 9.47 Å². The Kier molecular flexibility index (Phi) is 4.85. The molecule has 3 atom stereocenters. The van der Waals surface area contributed by atoms with Crippen LogP contribution >= 0.6 is 9.24 Å². The maximum absolute atomic E-state index is 5.87. The van der Waals surface area contributed by atoms with Gasteiger partial charge in [-0.05, 0) is 49.9 Å². The zero-order valence-corrected chi connectivity index (χ0v) is 12.3. The summed E-state index contributed by atoms with van der Waals surface area (Å²) in [6, 6.07) is 7.79. The summed E-state index contributed by atoms with van der Waals surface area (Å²) < 4.78 is 11.0. The fourth-order valence-electron chi connectivity index (χ4n) is 2.28. The Labute approximate surface area is 112 Å². The normalized spacial score (nSPS) is 24.8. The molecule has 1 aliphatic rings. The van der Waals surface area contributed by atoms with Crippen LogP contribution in [-0.2, 0) is 0 Å². The predicted octanol–water partition coefficient (Wildman–Crippen LogP) is 2.27. The molecule has 2 rings (SSSR count). The lowest BCUT2D eigenvalue weighted by atomic mass is 9.99. The van der Waals surface area contributed by atoms with E-state index < -0.39 is 0 Å². The summed E-state index contributed by atoms with van der Waals surface area (Å²) in [4.78, 5) is 2.38. The molecule has 1 aromatic carbocycles. The monoisotopic (exact) mass is 267 g/mol. The Bertz CT molecular complexity index is 369. The van der Waals surface area contributed by atoms with Crippen molar-refractivity contribution >= 4 is 9.24 Å². The van der Waals surface area contributed by atoms with E-state index in [1.54, 1.807) is 7.11 Å². The minimum absolute atomic E-state index is 0.593. The molecule has 1 aromatic rings. The van der Waals surface area contributed by atoms with Crippen molar-refractivity contribution < 1.29 is 9.47 Å². The summed E-state index contributed by atoms with van der Waals surface area (Å²) in [7, 11) is 6.81. The molecular formula is C14H22NO2P. The number of hydrogen-bond acceptors (Lipinski definition) is 3. The quantitative estimate of drug-likeness (QED) is 0.781. The van der Waals surface area contributed by atoms with Crippen molar-refractivity contribution in [3.63, 3.8) is 0 Å². The van der Waals surface area contributed by atoms with E-state index in [1.165, 1.54) is 13.0 Å². The lowest BCUT2D eigenvalue weighted by Crippen LogP contribution is -2.41. The highest BCUT2D eigenvalue weighted by atomic mass is 31.0. The molecule has 0 N–H and O–H groups in total. The third-order valence-electron chi connectivity index (χ3n) is 3.52. The van der Waals surface area contributed by atoms with Crippen LogP contribution in [0, 0.1) is 5.92 Å². The molecular weight excluding hydrogens is 245 g/mol. The SMILES string of the molecule is COc1ccc(OC[C@H]2CN(C)CC[C@@H]2P)cc1. The van der Waals surface area contributed by atoms with Crippen LogP contribution in [-0.4, -0.2) is 44.4 Å². The number of nitrogens with zero attached hydrogens (tertiary/aromatic N) is 1. The van der Waals surface area contributed by atoms with E-state index in [1.807, 2.05) is 24.3 Å². The second-order valence-electron chi connectivity index (χ2n) is 4.96. The molecule has 0 spiro atoms. The van der Waals surface area contributed by atoms with Crippen LogP contribution in [0.2, 0.25) is 0 Å². The number of ether oxygens (including phenoxy) is 2. The van der Waals surface area contributed by atoms with Crippen LogP contribution in [0.1, 0.15) is 6.42 Å². The van der Waals surface area contributed by atoms with Gasteiger partial charge in [0.25, 0.3) is 0 Å². The predicted molar refractivity (Wildman–Crippen MR) is 77.6 cm³/mol. The molecule has 1 unspecified atom stereocenters. The minimum atomic E-state index is 0.593. The largest absolute Gasteiger partial charge is 0.497 e. The molecule has 0 aliphatic carbocycles. The summed E-state index contributed by atoms with van der Waals surface area (Å²) in [5.74, 6) is 2.38. The van der Waals surface area contributed by atoms with Crippen LogP contribution in [0.5, 0.6) is 11.5 Å². The third-order valence-corrected chi connectivity index (χ3v) is 4.40. The lowest BCUT2D eigenvalue weighted by Gasteiger charge is -2.34. The van der Waals surface area contributed by atoms with Crippen LogP contribution in [0.15, 0.2) is 24.3 Å². The van der Waals surface area contributed by atoms with Gasteiger partial charge in [-0.3, -0.25) is 0 Å². The van der Waals surface area contributed by atoms with Crippen molar-refractivity contribution in [3.05, 3.63) is 24.3 Å². The van der Waals surface area contributed by atoms with E-state index in [4.69, 9.17) is 9.47 Å². The smallest absolute Gasteiger partial charge is 0.119 e. The van der Waals surface area contributed by atoms with Gasteiger partial charge in [0, 0.05) is 12.5 Å². The van der Waals surface area contributed by atoms with Gasteiger partial charge in [0.05, 0.1) is 13.7 Å². The first kappa shape index (κ1) is 13.6. The topological polar surface area (TPSA) is 21.7 Å². The molecule has 0 radical (unpaired) electrons. The van der Waals surface area contributed by atoms with E-state index in [9.17, 15) is 0 Å². The first-order valence-corrected chi connectivity index (χ1v) is 7.06. The maximum atomic E-state index is 5.87. The van der Waals surface area contributed by atoms with Gasteiger partial charge in [-0.2, -0.15) is 0 Å². The van der Waals surface area contributed by atoms with Gasteiger partial charge in [-0.25, -0.2) is 0 Å². The number of piperidine rings is 1. The molecule has 0 bridgehead atoms. The Morgan fingerprint density at radius 1 is 1.28 bits per heavy atom. The molecule has 0 saturated carbocycles. The summed E-state index contributed by atoms with van der Waals surface area (Å²) >= 11 is 0. The summed E-state index contributed by atoms with van der Waals surface area (Å²) in [5.41, 5.74) is 0.666. The van der Waals surface area contributed by atoms with Crippen molar-refractivity contribution in [2.24, 2.45) is 5.92 Å². The van der Waals surface area contributed by atoms with Crippen molar-refractivity contribution in [1.29, 1.82) is 0 Å². The molecule has 3 nitrogen and oxygen atoms in total. The Hall–Kier alpha value is -0.790. The van der Waals surface area contributed by atoms with Crippen molar-refractivity contribution in [3.8, 4) is 11.5 Å². The average molecular weight is 267 g/mol. The summed E-state index contributed by atoms with van der Waals surface area (Å²) in [5, 5.41) is 0. The first-order chi connectivity index (χ1) is 8.69. The van der Waals surface area contributed by atoms with Gasteiger partial charge in [0.1, 0.15) is 11.5 Å². The lowest BCUT2D eigenvalue weighted by molar-refractivity contribution is 0.155. The van der Waals surface area contributed by atoms with Crippen LogP contribution in [0.3, 0.4) is 0 Å². The molecule has 100 valence electrons. The van der Waals surface area contributed by atoms with Gasteiger partial charge < -0.3 is 14.4 Å². The number of hydrogen-bond donors (Lipinski definition) is 0. The van der Waals surface area contributed by atoms with E-state index in [0.29, 0.717) is 11.6 Å². The zero-order chi connectivity index (χ0) is 13.0. The molecule has 1 aliphatic heterocycles. The maximum Gasteiger partial charge on any atom is 0.119 e. The highest BCUT2D eigenvalue weighted by Gasteiger charge is 2.24. The summed E-state index contributed by atoms with van der Waals surface area (Å²) in [6.45, 7) is 3.09. The Balaban J connectivity index is 1.86. The molecule has 0 amide bonds. The van der Waals surface area contributed by atoms with E-state index in [2.05, 4.69) is 21.2 Å². The van der Waals surface area contributed by atoms with Crippen LogP contribution in [0.4, 0.5) is 0 Å². The Morgan fingerprint density at radius 3 is 2.61 bits per heavy atom. The minimum Gasteiger partial charge on any atom is -0.497 e. The average Bonchev–Trinajstić information content (AvgIpc) is 2.40. The number of benzene rings is 1. The second kappa shape index (κ2) is 6.40. The number of rotatable bonds is 4. The Morgan fingerprint density at radius 2 is 1.94 bits per heavy atom. The van der Waals surface area contributed by atoms with Crippen molar-refractivity contribution in [2.75, 3.05) is 33.9 Å². The molecule has 4 heteroatoms. The van der Waals surface area contributed by atoms with E-state index in [-0.39, 0.29) is 0 Å². The van der Waals surface area contributed by atoms with Gasteiger partial charge in [-0.1, -0.05) is 0 Å². The van der Waals surface area contributed by atoms with Crippen molar-refractivity contribution in [1.82, 2.24) is 4.90 Å². The molecule has 18 heavy (non-hydrogen) atoms. The van der Waals surface area contributed by atoms with Gasteiger partial charge in [0.2, 0.25) is 0 Å². The zero-order valence-electron chi connectivity index (χ0n) is 11.1. The number of methoxy groups -OCH3 is 1. The van der Waals surface area contributed by atoms with Crippen LogP contribution in [0.25, 0.3) is 0 Å². The number of likely N-dealkylation sites (tertiary alicyclic amines) is 1. The van der Waals surface area contributed by atoms with Gasteiger partial charge in [-0.15, -0.1) is 9.24 Å². The van der Waals surface area contributed by atoms with Crippen molar-refractivity contribution in [2.45, 2.75) is 12.1 Å². The fourth-order valence-corrected chi connectivity index (χ4v) is 2.67.